The lowest BCUT2D eigenvalue weighted by molar-refractivity contribution is -0.644. The molecule has 2 atom stereocenters. The van der Waals surface area contributed by atoms with Crippen LogP contribution < -0.4 is 4.57 Å². The molecule has 4 rings (SSSR count). The molecule has 118 valence electrons. The Kier molecular flexibility index (Phi) is 3.78. The molecule has 1 aliphatic rings. The summed E-state index contributed by atoms with van der Waals surface area (Å²) in [6, 6.07) is 19.9. The molecule has 1 aromatic heterocycles. The summed E-state index contributed by atoms with van der Waals surface area (Å²) < 4.78 is 2.17. The van der Waals surface area contributed by atoms with Gasteiger partial charge in [-0.1, -0.05) is 67.6 Å². The summed E-state index contributed by atoms with van der Waals surface area (Å²) in [4.78, 5) is 0. The lowest BCUT2D eigenvalue weighted by atomic mass is 9.84. The molecule has 1 nitrogen and oxygen atoms in total. The Morgan fingerprint density at radius 2 is 1.58 bits per heavy atom. The molecule has 2 unspecified atom stereocenters. The van der Waals surface area contributed by atoms with Gasteiger partial charge in [0, 0.05) is 23.6 Å². The van der Waals surface area contributed by atoms with Gasteiger partial charge in [-0.3, -0.25) is 0 Å². The third-order valence-electron chi connectivity index (χ3n) is 5.06. The van der Waals surface area contributed by atoms with Crippen molar-refractivity contribution in [2.75, 3.05) is 0 Å². The highest BCUT2D eigenvalue weighted by Gasteiger charge is 2.16. The number of allylic oxidation sites excluding steroid dienone is 4. The smallest absolute Gasteiger partial charge is 0.201 e. The second kappa shape index (κ2) is 6.09. The van der Waals surface area contributed by atoms with Gasteiger partial charge < -0.3 is 0 Å². The zero-order valence-electron chi connectivity index (χ0n) is 14.2. The third-order valence-corrected chi connectivity index (χ3v) is 5.06. The lowest BCUT2D eigenvalue weighted by Crippen LogP contribution is -2.28. The fourth-order valence-corrected chi connectivity index (χ4v) is 3.63. The average molecular weight is 312 g/mol. The maximum atomic E-state index is 2.30. The summed E-state index contributed by atoms with van der Waals surface area (Å²) in [5.41, 5.74) is 5.21. The van der Waals surface area contributed by atoms with Crippen LogP contribution in [0.1, 0.15) is 18.4 Å². The van der Waals surface area contributed by atoms with Gasteiger partial charge in [-0.05, 0) is 23.1 Å². The first-order valence-corrected chi connectivity index (χ1v) is 8.57. The van der Waals surface area contributed by atoms with Crippen LogP contribution in [0.3, 0.4) is 0 Å². The Balaban J connectivity index is 1.75. The van der Waals surface area contributed by atoms with Crippen molar-refractivity contribution in [3.8, 4) is 11.1 Å². The predicted molar refractivity (Wildman–Crippen MR) is 101 cm³/mol. The molecule has 2 aromatic carbocycles. The van der Waals surface area contributed by atoms with Crippen molar-refractivity contribution in [2.45, 2.75) is 12.8 Å². The second-order valence-corrected chi connectivity index (χ2v) is 6.63. The number of hydrogen-bond acceptors (Lipinski definition) is 0. The van der Waals surface area contributed by atoms with E-state index < -0.39 is 0 Å². The zero-order valence-corrected chi connectivity index (χ0v) is 14.2. The molecule has 0 spiro atoms. The highest BCUT2D eigenvalue weighted by atomic mass is 14.9. The summed E-state index contributed by atoms with van der Waals surface area (Å²) >= 11 is 0. The summed E-state index contributed by atoms with van der Waals surface area (Å²) in [6.45, 7) is 2.28. The van der Waals surface area contributed by atoms with Gasteiger partial charge in [0.15, 0.2) is 6.20 Å². The maximum Gasteiger partial charge on any atom is 0.212 e. The Bertz CT molecular complexity index is 932. The van der Waals surface area contributed by atoms with Crippen LogP contribution >= 0.6 is 0 Å². The Hall–Kier alpha value is -2.67. The second-order valence-electron chi connectivity index (χ2n) is 6.63. The van der Waals surface area contributed by atoms with E-state index in [0.717, 1.165) is 0 Å². The van der Waals surface area contributed by atoms with Crippen LogP contribution in [0, 0.1) is 5.92 Å². The number of fused-ring (bicyclic) bond motifs is 1. The van der Waals surface area contributed by atoms with Crippen molar-refractivity contribution in [1.82, 2.24) is 0 Å². The zero-order chi connectivity index (χ0) is 16.5. The molecule has 3 aromatic rings. The number of benzene rings is 2. The molecular formula is C23H22N+. The van der Waals surface area contributed by atoms with E-state index in [9.17, 15) is 0 Å². The quantitative estimate of drug-likeness (QED) is 0.574. The van der Waals surface area contributed by atoms with Crippen molar-refractivity contribution < 1.29 is 4.57 Å². The number of nitrogens with zero attached hydrogens (tertiary/aromatic N) is 1. The van der Waals surface area contributed by atoms with Gasteiger partial charge in [-0.2, -0.15) is 0 Å². The molecule has 1 aliphatic carbocycles. The predicted octanol–water partition coefficient (Wildman–Crippen LogP) is 5.18. The largest absolute Gasteiger partial charge is 0.212 e. The van der Waals surface area contributed by atoms with Gasteiger partial charge in [-0.25, -0.2) is 4.57 Å². The van der Waals surface area contributed by atoms with Crippen molar-refractivity contribution in [2.24, 2.45) is 13.0 Å². The number of aromatic nitrogens is 1. The number of hydrogen-bond donors (Lipinski definition) is 0. The number of pyridine rings is 1. The van der Waals surface area contributed by atoms with Crippen LogP contribution in [0.2, 0.25) is 0 Å². The molecule has 0 aliphatic heterocycles. The lowest BCUT2D eigenvalue weighted by Gasteiger charge is -2.21. The van der Waals surface area contributed by atoms with E-state index in [-0.39, 0.29) is 0 Å². The molecule has 1 heterocycles. The molecule has 0 saturated carbocycles. The summed E-state index contributed by atoms with van der Waals surface area (Å²) in [6.07, 6.45) is 11.0. The van der Waals surface area contributed by atoms with Crippen LogP contribution in [0.15, 0.2) is 85.1 Å². The first-order valence-electron chi connectivity index (χ1n) is 8.57. The van der Waals surface area contributed by atoms with E-state index in [0.29, 0.717) is 11.8 Å². The van der Waals surface area contributed by atoms with E-state index in [4.69, 9.17) is 0 Å². The van der Waals surface area contributed by atoms with Crippen molar-refractivity contribution in [3.05, 3.63) is 90.7 Å². The molecule has 1 heteroatoms. The summed E-state index contributed by atoms with van der Waals surface area (Å²) in [5, 5.41) is 1.30. The SMILES string of the molecule is CC1C=CC=CC1c1ccc(-c2cc[n+](C)c3ccccc23)cc1. The van der Waals surface area contributed by atoms with E-state index in [1.54, 1.807) is 0 Å². The van der Waals surface area contributed by atoms with Crippen LogP contribution in [0.25, 0.3) is 22.0 Å². The highest BCUT2D eigenvalue weighted by molar-refractivity contribution is 5.92. The molecule has 0 radical (unpaired) electrons. The monoisotopic (exact) mass is 312 g/mol. The van der Waals surface area contributed by atoms with Gasteiger partial charge >= 0.3 is 0 Å². The van der Waals surface area contributed by atoms with Crippen molar-refractivity contribution in [1.29, 1.82) is 0 Å². The third kappa shape index (κ3) is 2.56. The van der Waals surface area contributed by atoms with E-state index in [1.165, 1.54) is 27.6 Å². The molecule has 0 amide bonds. The minimum atomic E-state index is 0.481. The molecule has 24 heavy (non-hydrogen) atoms. The van der Waals surface area contributed by atoms with E-state index in [1.807, 2.05) is 0 Å². The van der Waals surface area contributed by atoms with E-state index >= 15 is 0 Å². The molecule has 0 N–H and O–H groups in total. The first kappa shape index (κ1) is 14.9. The Labute approximate surface area is 143 Å². The molecule has 0 saturated heterocycles. The van der Waals surface area contributed by atoms with Crippen LogP contribution in [0.5, 0.6) is 0 Å². The van der Waals surface area contributed by atoms with E-state index in [2.05, 4.69) is 104 Å². The number of rotatable bonds is 2. The molecular weight excluding hydrogens is 290 g/mol. The van der Waals surface area contributed by atoms with Gasteiger partial charge in [0.05, 0.1) is 5.39 Å². The summed E-state index contributed by atoms with van der Waals surface area (Å²) in [5.74, 6) is 1.03. The minimum absolute atomic E-state index is 0.481. The highest BCUT2D eigenvalue weighted by Crippen LogP contribution is 2.32. The molecule has 0 bridgehead atoms. The van der Waals surface area contributed by atoms with Gasteiger partial charge in [-0.15, -0.1) is 0 Å². The Morgan fingerprint density at radius 1 is 0.833 bits per heavy atom. The summed E-state index contributed by atoms with van der Waals surface area (Å²) in [7, 11) is 2.10. The first-order chi connectivity index (χ1) is 11.7. The van der Waals surface area contributed by atoms with Crippen LogP contribution in [0.4, 0.5) is 0 Å². The fourth-order valence-electron chi connectivity index (χ4n) is 3.63. The number of para-hydroxylation sites is 1. The van der Waals surface area contributed by atoms with Crippen molar-refractivity contribution in [3.63, 3.8) is 0 Å². The maximum absolute atomic E-state index is 2.30. The molecule has 0 fully saturated rings. The van der Waals surface area contributed by atoms with Gasteiger partial charge in [0.1, 0.15) is 7.05 Å². The minimum Gasteiger partial charge on any atom is -0.201 e. The van der Waals surface area contributed by atoms with Gasteiger partial charge in [0.2, 0.25) is 5.52 Å². The Morgan fingerprint density at radius 3 is 2.38 bits per heavy atom. The van der Waals surface area contributed by atoms with Crippen LogP contribution in [-0.2, 0) is 7.05 Å². The standard InChI is InChI=1S/C23H22N/c1-17-7-3-4-8-20(17)18-11-13-19(14-12-18)21-15-16-24(2)23-10-6-5-9-22(21)23/h3-17,20H,1-2H3/q+1. The average Bonchev–Trinajstić information content (AvgIpc) is 2.63. The normalized spacial score (nSPS) is 19.8. The van der Waals surface area contributed by atoms with Crippen molar-refractivity contribution >= 4 is 10.9 Å². The number of aryl methyl sites for hydroxylation is 1. The topological polar surface area (TPSA) is 3.88 Å². The van der Waals surface area contributed by atoms with Gasteiger partial charge in [0.25, 0.3) is 0 Å². The van der Waals surface area contributed by atoms with Crippen LogP contribution in [-0.4, -0.2) is 0 Å². The fraction of sp³-hybridized carbons (Fsp3) is 0.174.